The van der Waals surface area contributed by atoms with Crippen LogP contribution in [0.15, 0.2) is 29.3 Å². The molecule has 0 saturated carbocycles. The van der Waals surface area contributed by atoms with Crippen LogP contribution in [0.5, 0.6) is 0 Å². The van der Waals surface area contributed by atoms with Gasteiger partial charge in [-0.15, -0.1) is 0 Å². The highest BCUT2D eigenvalue weighted by Crippen LogP contribution is 2.06. The van der Waals surface area contributed by atoms with Crippen LogP contribution < -0.4 is 16.0 Å². The van der Waals surface area contributed by atoms with Crippen LogP contribution in [0.1, 0.15) is 49.5 Å². The van der Waals surface area contributed by atoms with E-state index in [0.29, 0.717) is 18.7 Å². The summed E-state index contributed by atoms with van der Waals surface area (Å²) in [5.74, 6) is 0.736. The number of hydrogen-bond donors (Lipinski definition) is 3. The molecule has 0 fully saturated rings. The Morgan fingerprint density at radius 1 is 1.20 bits per heavy atom. The molecule has 0 saturated heterocycles. The molecule has 25 heavy (non-hydrogen) atoms. The quantitative estimate of drug-likeness (QED) is 0.345. The first kappa shape index (κ1) is 21.0. The topological polar surface area (TPSA) is 74.8 Å². The molecule has 1 unspecified atom stereocenters. The van der Waals surface area contributed by atoms with Crippen molar-refractivity contribution in [2.45, 2.75) is 46.2 Å². The van der Waals surface area contributed by atoms with E-state index in [2.05, 4.69) is 27.9 Å². The molecular formula is C19H32N4O2. The van der Waals surface area contributed by atoms with Gasteiger partial charge in [-0.1, -0.05) is 25.5 Å². The van der Waals surface area contributed by atoms with E-state index in [1.807, 2.05) is 38.1 Å². The van der Waals surface area contributed by atoms with E-state index in [1.54, 1.807) is 7.11 Å². The van der Waals surface area contributed by atoms with Crippen molar-refractivity contribution < 1.29 is 9.53 Å². The number of benzene rings is 1. The van der Waals surface area contributed by atoms with Crippen LogP contribution in [0.25, 0.3) is 0 Å². The smallest absolute Gasteiger partial charge is 0.251 e. The van der Waals surface area contributed by atoms with Crippen LogP contribution in [-0.2, 0) is 11.3 Å². The van der Waals surface area contributed by atoms with Crippen molar-refractivity contribution in [3.63, 3.8) is 0 Å². The lowest BCUT2D eigenvalue weighted by atomic mass is 10.1. The van der Waals surface area contributed by atoms with Gasteiger partial charge in [-0.2, -0.15) is 0 Å². The summed E-state index contributed by atoms with van der Waals surface area (Å²) >= 11 is 0. The van der Waals surface area contributed by atoms with E-state index < -0.39 is 0 Å². The third-order valence-corrected chi connectivity index (χ3v) is 3.60. The number of nitrogens with zero attached hydrogens (tertiary/aromatic N) is 1. The summed E-state index contributed by atoms with van der Waals surface area (Å²) in [5.41, 5.74) is 1.74. The number of ether oxygens (including phenoxy) is 1. The maximum absolute atomic E-state index is 12.0. The standard InChI is InChI=1S/C19H32N4O2/c1-5-7-12-21-18(24)17-10-8-16(9-11-17)13-22-19(20-6-2)23-15(3)14-25-4/h8-11,15H,5-7,12-14H2,1-4H3,(H,21,24)(H2,20,22,23). The Bertz CT molecular complexity index is 529. The molecule has 0 aromatic heterocycles. The average molecular weight is 348 g/mol. The predicted molar refractivity (Wildman–Crippen MR) is 103 cm³/mol. The molecule has 6 nitrogen and oxygen atoms in total. The number of aliphatic imine (C=N–C) groups is 1. The number of hydrogen-bond acceptors (Lipinski definition) is 3. The molecule has 1 amide bonds. The number of methoxy groups -OCH3 is 1. The molecule has 0 bridgehead atoms. The van der Waals surface area contributed by atoms with Crippen molar-refractivity contribution in [1.82, 2.24) is 16.0 Å². The highest BCUT2D eigenvalue weighted by molar-refractivity contribution is 5.94. The summed E-state index contributed by atoms with van der Waals surface area (Å²) in [7, 11) is 1.68. The monoisotopic (exact) mass is 348 g/mol. The van der Waals surface area contributed by atoms with Crippen molar-refractivity contribution >= 4 is 11.9 Å². The lowest BCUT2D eigenvalue weighted by molar-refractivity contribution is 0.0953. The SMILES string of the molecule is CCCCNC(=O)c1ccc(CN=C(NCC)NC(C)COC)cc1. The zero-order valence-electron chi connectivity index (χ0n) is 15.9. The van der Waals surface area contributed by atoms with Gasteiger partial charge in [-0.05, 0) is 38.0 Å². The fraction of sp³-hybridized carbons (Fsp3) is 0.579. The van der Waals surface area contributed by atoms with Gasteiger partial charge in [0.1, 0.15) is 0 Å². The molecule has 1 rings (SSSR count). The third-order valence-electron chi connectivity index (χ3n) is 3.60. The Hall–Kier alpha value is -2.08. The number of amides is 1. The molecule has 0 radical (unpaired) electrons. The maximum Gasteiger partial charge on any atom is 0.251 e. The molecule has 0 aliphatic heterocycles. The molecule has 3 N–H and O–H groups in total. The first-order valence-corrected chi connectivity index (χ1v) is 9.01. The van der Waals surface area contributed by atoms with Gasteiger partial charge in [0.15, 0.2) is 5.96 Å². The van der Waals surface area contributed by atoms with E-state index >= 15 is 0 Å². The summed E-state index contributed by atoms with van der Waals surface area (Å²) in [5, 5.41) is 9.44. The Morgan fingerprint density at radius 3 is 2.52 bits per heavy atom. The second-order valence-corrected chi connectivity index (χ2v) is 6.00. The fourth-order valence-electron chi connectivity index (χ4n) is 2.26. The molecule has 1 aromatic rings. The van der Waals surface area contributed by atoms with Crippen molar-refractivity contribution in [2.24, 2.45) is 4.99 Å². The van der Waals surface area contributed by atoms with E-state index in [9.17, 15) is 4.79 Å². The highest BCUT2D eigenvalue weighted by Gasteiger charge is 2.06. The normalized spacial score (nSPS) is 12.6. The van der Waals surface area contributed by atoms with Crippen LogP contribution in [0.2, 0.25) is 0 Å². The fourth-order valence-corrected chi connectivity index (χ4v) is 2.26. The minimum atomic E-state index is -0.0214. The zero-order chi connectivity index (χ0) is 18.5. The van der Waals surface area contributed by atoms with Gasteiger partial charge in [-0.3, -0.25) is 4.79 Å². The third kappa shape index (κ3) is 8.54. The first-order chi connectivity index (χ1) is 12.1. The van der Waals surface area contributed by atoms with Gasteiger partial charge in [0.25, 0.3) is 5.91 Å². The summed E-state index contributed by atoms with van der Waals surface area (Å²) in [6.07, 6.45) is 2.07. The molecule has 0 aliphatic carbocycles. The molecule has 0 heterocycles. The summed E-state index contributed by atoms with van der Waals surface area (Å²) in [6.45, 7) is 8.86. The highest BCUT2D eigenvalue weighted by atomic mass is 16.5. The summed E-state index contributed by atoms with van der Waals surface area (Å²) in [6, 6.07) is 7.76. The van der Waals surface area contributed by atoms with Crippen LogP contribution in [0.4, 0.5) is 0 Å². The van der Waals surface area contributed by atoms with Crippen molar-refractivity contribution in [2.75, 3.05) is 26.8 Å². The Labute approximate surface area is 151 Å². The van der Waals surface area contributed by atoms with Crippen molar-refractivity contribution in [3.05, 3.63) is 35.4 Å². The largest absolute Gasteiger partial charge is 0.383 e. The van der Waals surface area contributed by atoms with E-state index in [1.165, 1.54) is 0 Å². The molecule has 0 aliphatic rings. The second kappa shape index (κ2) is 12.3. The van der Waals surface area contributed by atoms with Gasteiger partial charge in [0.2, 0.25) is 0 Å². The van der Waals surface area contributed by atoms with Gasteiger partial charge in [0.05, 0.1) is 13.2 Å². The van der Waals surface area contributed by atoms with Gasteiger partial charge < -0.3 is 20.7 Å². The first-order valence-electron chi connectivity index (χ1n) is 9.01. The van der Waals surface area contributed by atoms with E-state index in [0.717, 1.165) is 37.5 Å². The van der Waals surface area contributed by atoms with Gasteiger partial charge in [-0.25, -0.2) is 4.99 Å². The van der Waals surface area contributed by atoms with Crippen molar-refractivity contribution in [1.29, 1.82) is 0 Å². The van der Waals surface area contributed by atoms with Gasteiger partial charge >= 0.3 is 0 Å². The number of unbranched alkanes of at least 4 members (excludes halogenated alkanes) is 1. The molecule has 1 atom stereocenters. The predicted octanol–water partition coefficient (Wildman–Crippen LogP) is 2.31. The van der Waals surface area contributed by atoms with Crippen LogP contribution in [0.3, 0.4) is 0 Å². The van der Waals surface area contributed by atoms with Crippen LogP contribution in [0, 0.1) is 0 Å². The summed E-state index contributed by atoms with van der Waals surface area (Å²) in [4.78, 5) is 16.6. The molecule has 6 heteroatoms. The molecular weight excluding hydrogens is 316 g/mol. The zero-order valence-corrected chi connectivity index (χ0v) is 15.9. The average Bonchev–Trinajstić information content (AvgIpc) is 2.60. The number of nitrogens with one attached hydrogen (secondary N) is 3. The van der Waals surface area contributed by atoms with Gasteiger partial charge in [0, 0.05) is 31.8 Å². The maximum atomic E-state index is 12.0. The van der Waals surface area contributed by atoms with Crippen molar-refractivity contribution in [3.8, 4) is 0 Å². The summed E-state index contributed by atoms with van der Waals surface area (Å²) < 4.78 is 5.13. The molecule has 1 aromatic carbocycles. The number of carbonyl (C=O) groups is 1. The minimum absolute atomic E-state index is 0.0214. The Morgan fingerprint density at radius 2 is 1.92 bits per heavy atom. The number of carbonyl (C=O) groups excluding carboxylic acids is 1. The lowest BCUT2D eigenvalue weighted by Gasteiger charge is -2.17. The number of rotatable bonds is 10. The second-order valence-electron chi connectivity index (χ2n) is 6.00. The van der Waals surface area contributed by atoms with E-state index in [4.69, 9.17) is 4.74 Å². The van der Waals surface area contributed by atoms with Crippen LogP contribution >= 0.6 is 0 Å². The molecule has 0 spiro atoms. The Balaban J connectivity index is 2.60. The minimum Gasteiger partial charge on any atom is -0.383 e. The number of guanidine groups is 1. The Kier molecular flexibility index (Phi) is 10.3. The van der Waals surface area contributed by atoms with E-state index in [-0.39, 0.29) is 11.9 Å². The van der Waals surface area contributed by atoms with Crippen LogP contribution in [-0.4, -0.2) is 44.7 Å². The molecule has 140 valence electrons. The lowest BCUT2D eigenvalue weighted by Crippen LogP contribution is -2.43.